The summed E-state index contributed by atoms with van der Waals surface area (Å²) in [7, 11) is 3.37. The van der Waals surface area contributed by atoms with Gasteiger partial charge in [-0.2, -0.15) is 11.8 Å². The van der Waals surface area contributed by atoms with Crippen molar-refractivity contribution in [1.29, 1.82) is 0 Å². The van der Waals surface area contributed by atoms with Gasteiger partial charge in [-0.25, -0.2) is 0 Å². The van der Waals surface area contributed by atoms with Crippen LogP contribution in [-0.4, -0.2) is 44.0 Å². The number of hydrogen-bond acceptors (Lipinski definition) is 5. The van der Waals surface area contributed by atoms with Gasteiger partial charge in [-0.3, -0.25) is 0 Å². The molecule has 1 atom stereocenters. The third-order valence-electron chi connectivity index (χ3n) is 3.18. The average Bonchev–Trinajstić information content (AvgIpc) is 2.53. The molecule has 4 nitrogen and oxygen atoms in total. The van der Waals surface area contributed by atoms with Crippen LogP contribution < -0.4 is 14.8 Å². The monoisotopic (exact) mass is 313 g/mol. The summed E-state index contributed by atoms with van der Waals surface area (Å²) >= 11 is 1.84. The molecular formula is C16H27NO3S. The number of methoxy groups -OCH3 is 2. The van der Waals surface area contributed by atoms with Crippen molar-refractivity contribution < 1.29 is 14.6 Å². The number of aliphatic hydroxyl groups is 1. The van der Waals surface area contributed by atoms with Crippen molar-refractivity contribution in [2.75, 3.05) is 38.9 Å². The Morgan fingerprint density at radius 2 is 2.10 bits per heavy atom. The van der Waals surface area contributed by atoms with Crippen molar-refractivity contribution in [3.05, 3.63) is 23.8 Å². The Bertz CT molecular complexity index is 401. The number of ether oxygens (including phenoxy) is 2. The van der Waals surface area contributed by atoms with Crippen molar-refractivity contribution in [3.63, 3.8) is 0 Å². The minimum absolute atomic E-state index is 0.221. The van der Waals surface area contributed by atoms with E-state index in [0.717, 1.165) is 48.0 Å². The Morgan fingerprint density at radius 3 is 2.71 bits per heavy atom. The first-order valence-corrected chi connectivity index (χ1v) is 8.56. The number of aliphatic hydroxyl groups excluding tert-OH is 1. The summed E-state index contributed by atoms with van der Waals surface area (Å²) in [5.41, 5.74) is 1.13. The van der Waals surface area contributed by atoms with Gasteiger partial charge in [-0.05, 0) is 43.3 Å². The lowest BCUT2D eigenvalue weighted by Crippen LogP contribution is -2.25. The summed E-state index contributed by atoms with van der Waals surface area (Å²) < 4.78 is 10.8. The molecule has 0 aliphatic carbocycles. The van der Waals surface area contributed by atoms with Crippen molar-refractivity contribution in [1.82, 2.24) is 5.32 Å². The second-order valence-electron chi connectivity index (χ2n) is 4.77. The molecule has 1 unspecified atom stereocenters. The van der Waals surface area contributed by atoms with Gasteiger partial charge in [0.2, 0.25) is 0 Å². The predicted molar refractivity (Wildman–Crippen MR) is 89.6 cm³/mol. The van der Waals surface area contributed by atoms with E-state index in [0.29, 0.717) is 0 Å². The van der Waals surface area contributed by atoms with Crippen LogP contribution in [0, 0.1) is 0 Å². The van der Waals surface area contributed by atoms with Crippen molar-refractivity contribution in [3.8, 4) is 11.5 Å². The zero-order valence-electron chi connectivity index (χ0n) is 13.2. The molecule has 0 amide bonds. The molecule has 1 aromatic rings. The minimum Gasteiger partial charge on any atom is -0.497 e. The molecular weight excluding hydrogens is 286 g/mol. The molecule has 0 saturated heterocycles. The van der Waals surface area contributed by atoms with Gasteiger partial charge in [0, 0.05) is 24.0 Å². The first-order valence-electron chi connectivity index (χ1n) is 7.40. The topological polar surface area (TPSA) is 50.7 Å². The molecule has 5 heteroatoms. The van der Waals surface area contributed by atoms with E-state index in [4.69, 9.17) is 14.6 Å². The van der Waals surface area contributed by atoms with Crippen LogP contribution in [0.25, 0.3) is 0 Å². The summed E-state index contributed by atoms with van der Waals surface area (Å²) in [4.78, 5) is 0. The molecule has 0 aromatic heterocycles. The lowest BCUT2D eigenvalue weighted by atomic mass is 10.1. The van der Waals surface area contributed by atoms with Crippen LogP contribution in [0.4, 0.5) is 0 Å². The molecule has 0 heterocycles. The normalized spacial score (nSPS) is 12.2. The van der Waals surface area contributed by atoms with Crippen LogP contribution in [0.5, 0.6) is 11.5 Å². The molecule has 0 aliphatic rings. The molecule has 1 rings (SSSR count). The molecule has 0 saturated carbocycles. The fourth-order valence-corrected chi connectivity index (χ4v) is 3.09. The average molecular weight is 313 g/mol. The SMILES string of the molecule is CCCNC(CSCCCO)c1cc(OC)ccc1OC. The van der Waals surface area contributed by atoms with Gasteiger partial charge >= 0.3 is 0 Å². The van der Waals surface area contributed by atoms with Crippen LogP contribution in [0.1, 0.15) is 31.4 Å². The maximum Gasteiger partial charge on any atom is 0.123 e. The fourth-order valence-electron chi connectivity index (χ4n) is 2.06. The zero-order valence-corrected chi connectivity index (χ0v) is 14.0. The maximum atomic E-state index is 8.87. The Hall–Kier alpha value is -0.910. The van der Waals surface area contributed by atoms with Crippen LogP contribution in [0.15, 0.2) is 18.2 Å². The molecule has 0 aliphatic heterocycles. The quantitative estimate of drug-likeness (QED) is 0.615. The third-order valence-corrected chi connectivity index (χ3v) is 4.33. The Morgan fingerprint density at radius 1 is 1.29 bits per heavy atom. The van der Waals surface area contributed by atoms with Gasteiger partial charge < -0.3 is 19.9 Å². The van der Waals surface area contributed by atoms with Gasteiger partial charge in [0.05, 0.1) is 14.2 Å². The molecule has 2 N–H and O–H groups in total. The molecule has 0 bridgehead atoms. The Labute approximate surface area is 132 Å². The molecule has 1 aromatic carbocycles. The van der Waals surface area contributed by atoms with Gasteiger partial charge in [-0.1, -0.05) is 6.92 Å². The van der Waals surface area contributed by atoms with E-state index in [-0.39, 0.29) is 12.6 Å². The predicted octanol–water partition coefficient (Wildman–Crippen LogP) is 2.86. The maximum absolute atomic E-state index is 8.87. The smallest absolute Gasteiger partial charge is 0.123 e. The number of rotatable bonds is 11. The zero-order chi connectivity index (χ0) is 15.5. The van der Waals surface area contributed by atoms with E-state index in [2.05, 4.69) is 12.2 Å². The van der Waals surface area contributed by atoms with Crippen LogP contribution in [0.3, 0.4) is 0 Å². The van der Waals surface area contributed by atoms with E-state index in [1.54, 1.807) is 14.2 Å². The first-order chi connectivity index (χ1) is 10.3. The third kappa shape index (κ3) is 6.16. The van der Waals surface area contributed by atoms with Gasteiger partial charge in [0.25, 0.3) is 0 Å². The highest BCUT2D eigenvalue weighted by Gasteiger charge is 2.16. The number of hydrogen-bond donors (Lipinski definition) is 2. The van der Waals surface area contributed by atoms with Crippen molar-refractivity contribution in [2.24, 2.45) is 0 Å². The Balaban J connectivity index is 2.83. The summed E-state index contributed by atoms with van der Waals surface area (Å²) in [5.74, 6) is 3.64. The first kappa shape index (κ1) is 18.1. The summed E-state index contributed by atoms with van der Waals surface area (Å²) in [5, 5.41) is 12.4. The fraction of sp³-hybridized carbons (Fsp3) is 0.625. The Kier molecular flexibility index (Phi) is 9.30. The highest BCUT2D eigenvalue weighted by atomic mass is 32.2. The van der Waals surface area contributed by atoms with Crippen molar-refractivity contribution >= 4 is 11.8 Å². The summed E-state index contributed by atoms with van der Waals surface area (Å²) in [6.07, 6.45) is 1.92. The molecule has 21 heavy (non-hydrogen) atoms. The van der Waals surface area contributed by atoms with E-state index in [9.17, 15) is 0 Å². The summed E-state index contributed by atoms with van der Waals surface area (Å²) in [6, 6.07) is 6.13. The van der Waals surface area contributed by atoms with E-state index in [1.165, 1.54) is 0 Å². The van der Waals surface area contributed by atoms with Gasteiger partial charge in [0.15, 0.2) is 0 Å². The standard InChI is InChI=1S/C16H27NO3S/c1-4-8-17-15(12-21-10-5-9-18)14-11-13(19-2)6-7-16(14)20-3/h6-7,11,15,17-18H,4-5,8-10,12H2,1-3H3. The largest absolute Gasteiger partial charge is 0.497 e. The molecule has 0 spiro atoms. The highest BCUT2D eigenvalue weighted by molar-refractivity contribution is 7.99. The van der Waals surface area contributed by atoms with Gasteiger partial charge in [-0.15, -0.1) is 0 Å². The minimum atomic E-state index is 0.221. The second kappa shape index (κ2) is 10.8. The number of thioether (sulfide) groups is 1. The van der Waals surface area contributed by atoms with Crippen LogP contribution in [-0.2, 0) is 0 Å². The molecule has 120 valence electrons. The number of benzene rings is 1. The highest BCUT2D eigenvalue weighted by Crippen LogP contribution is 2.31. The number of nitrogens with one attached hydrogen (secondary N) is 1. The van der Waals surface area contributed by atoms with E-state index >= 15 is 0 Å². The lowest BCUT2D eigenvalue weighted by Gasteiger charge is -2.21. The second-order valence-corrected chi connectivity index (χ2v) is 5.92. The van der Waals surface area contributed by atoms with Gasteiger partial charge in [0.1, 0.15) is 11.5 Å². The van der Waals surface area contributed by atoms with E-state index < -0.39 is 0 Å². The summed E-state index contributed by atoms with van der Waals surface area (Å²) in [6.45, 7) is 3.37. The van der Waals surface area contributed by atoms with E-state index in [1.807, 2.05) is 30.0 Å². The van der Waals surface area contributed by atoms with Crippen LogP contribution >= 0.6 is 11.8 Å². The van der Waals surface area contributed by atoms with Crippen molar-refractivity contribution in [2.45, 2.75) is 25.8 Å². The lowest BCUT2D eigenvalue weighted by molar-refractivity contribution is 0.296. The van der Waals surface area contributed by atoms with Crippen LogP contribution in [0.2, 0.25) is 0 Å². The molecule has 0 fully saturated rings. The molecule has 0 radical (unpaired) electrons.